The summed E-state index contributed by atoms with van der Waals surface area (Å²) >= 11 is 0. The average Bonchev–Trinajstić information content (AvgIpc) is 3.86. The van der Waals surface area contributed by atoms with Crippen LogP contribution in [0.25, 0.3) is 88.0 Å². The van der Waals surface area contributed by atoms with Gasteiger partial charge < -0.3 is 9.13 Å². The van der Waals surface area contributed by atoms with E-state index in [-0.39, 0.29) is 10.8 Å². The lowest BCUT2D eigenvalue weighted by Crippen LogP contribution is -2.17. The molecular weight excluding hydrogens is 653 g/mol. The van der Waals surface area contributed by atoms with E-state index in [0.29, 0.717) is 0 Å². The molecule has 2 nitrogen and oxygen atoms in total. The van der Waals surface area contributed by atoms with Crippen molar-refractivity contribution in [3.8, 4) is 33.6 Å². The van der Waals surface area contributed by atoms with Gasteiger partial charge >= 0.3 is 0 Å². The van der Waals surface area contributed by atoms with Gasteiger partial charge in [-0.3, -0.25) is 0 Å². The number of nitrogens with zero attached hydrogens (tertiary/aromatic N) is 2. The largest absolute Gasteiger partial charge is 0.309 e. The van der Waals surface area contributed by atoms with Crippen LogP contribution in [0, 0.1) is 0 Å². The lowest BCUT2D eigenvalue weighted by molar-refractivity contribution is 0.652. The first-order chi connectivity index (χ1) is 26.3. The Morgan fingerprint density at radius 1 is 0.333 bits per heavy atom. The Hall–Kier alpha value is -6.38. The molecule has 8 aromatic carbocycles. The minimum absolute atomic E-state index is 0.167. The molecule has 54 heavy (non-hydrogen) atoms. The van der Waals surface area contributed by atoms with Crippen LogP contribution >= 0.6 is 0 Å². The highest BCUT2D eigenvalue weighted by atomic mass is 15.0. The minimum atomic E-state index is -0.187. The van der Waals surface area contributed by atoms with Crippen molar-refractivity contribution in [1.29, 1.82) is 0 Å². The highest BCUT2D eigenvalue weighted by molar-refractivity contribution is 6.13. The van der Waals surface area contributed by atoms with Crippen molar-refractivity contribution < 1.29 is 0 Å². The van der Waals surface area contributed by atoms with Gasteiger partial charge in [0.2, 0.25) is 0 Å². The van der Waals surface area contributed by atoms with Gasteiger partial charge in [0.05, 0.1) is 27.8 Å². The fourth-order valence-corrected chi connectivity index (χ4v) is 10.5. The summed E-state index contributed by atoms with van der Waals surface area (Å²) in [5.74, 6) is 0. The third kappa shape index (κ3) is 3.66. The smallest absolute Gasteiger partial charge is 0.0544 e. The van der Waals surface area contributed by atoms with E-state index in [1.807, 2.05) is 0 Å². The van der Waals surface area contributed by atoms with Gasteiger partial charge in [0.25, 0.3) is 0 Å². The van der Waals surface area contributed by atoms with Crippen molar-refractivity contribution >= 4 is 54.4 Å². The number of fused-ring (bicyclic) bond motifs is 14. The molecule has 2 aromatic heterocycles. The van der Waals surface area contributed by atoms with Crippen molar-refractivity contribution in [2.75, 3.05) is 0 Å². The van der Waals surface area contributed by atoms with E-state index in [2.05, 4.69) is 195 Å². The normalized spacial score (nSPS) is 15.0. The van der Waals surface area contributed by atoms with Gasteiger partial charge in [-0.25, -0.2) is 0 Å². The summed E-state index contributed by atoms with van der Waals surface area (Å²) in [4.78, 5) is 0. The molecule has 0 saturated heterocycles. The third-order valence-corrected chi connectivity index (χ3v) is 13.1. The van der Waals surface area contributed by atoms with Gasteiger partial charge in [-0.15, -0.1) is 0 Å². The van der Waals surface area contributed by atoms with Crippen LogP contribution in [-0.4, -0.2) is 9.13 Å². The summed E-state index contributed by atoms with van der Waals surface area (Å²) in [6, 6.07) is 59.2. The summed E-state index contributed by atoms with van der Waals surface area (Å²) in [6.45, 7) is 9.70. The number of benzene rings is 8. The molecule has 2 heterocycles. The average molecular weight is 691 g/mol. The molecule has 0 saturated carbocycles. The molecule has 256 valence electrons. The Morgan fingerprint density at radius 3 is 1.33 bits per heavy atom. The van der Waals surface area contributed by atoms with Gasteiger partial charge in [0, 0.05) is 43.4 Å². The topological polar surface area (TPSA) is 9.86 Å². The monoisotopic (exact) mass is 690 g/mol. The molecule has 0 amide bonds. The molecule has 0 spiro atoms. The molecule has 0 atom stereocenters. The van der Waals surface area contributed by atoms with Gasteiger partial charge in [-0.05, 0) is 104 Å². The molecule has 0 fully saturated rings. The highest BCUT2D eigenvalue weighted by Crippen LogP contribution is 2.58. The number of hydrogen-bond donors (Lipinski definition) is 0. The van der Waals surface area contributed by atoms with E-state index in [0.717, 1.165) is 0 Å². The van der Waals surface area contributed by atoms with Crippen LogP contribution in [0.1, 0.15) is 49.9 Å². The van der Waals surface area contributed by atoms with E-state index in [4.69, 9.17) is 0 Å². The summed E-state index contributed by atoms with van der Waals surface area (Å²) in [5.41, 5.74) is 18.2. The van der Waals surface area contributed by atoms with E-state index in [1.165, 1.54) is 110 Å². The zero-order valence-corrected chi connectivity index (χ0v) is 30.9. The SMILES string of the molecule is CC1(C)c2cc(-n3c4ccccc4c4ccccc43)ccc2-c2cc3c(cc21)-c1c(cc(-n2c4ccccc4c4ccccc42)c2ccccc12)C3(C)C. The second-order valence-corrected chi connectivity index (χ2v) is 16.5. The summed E-state index contributed by atoms with van der Waals surface area (Å²) < 4.78 is 4.95. The number of aromatic nitrogens is 2. The third-order valence-electron chi connectivity index (χ3n) is 13.1. The summed E-state index contributed by atoms with van der Waals surface area (Å²) in [6.07, 6.45) is 0. The lowest BCUT2D eigenvalue weighted by Gasteiger charge is -2.25. The standard InChI is InChI=1S/C52H38N2/c1-51(2)41-27-31(53-45-21-11-7-15-33(45)34-16-8-12-22-46(34)53)25-26-32(41)39-28-43-40(29-42(39)51)50-38-20-6-5-19-37(38)49(30-44(50)52(43,3)4)54-47-23-13-9-17-35(47)36-18-10-14-24-48(36)54/h5-30H,1-4H3. The molecular formula is C52H38N2. The summed E-state index contributed by atoms with van der Waals surface area (Å²) in [5, 5.41) is 7.77. The minimum Gasteiger partial charge on any atom is -0.309 e. The number of hydrogen-bond acceptors (Lipinski definition) is 0. The molecule has 0 radical (unpaired) electrons. The Bertz CT molecular complexity index is 3170. The Labute approximate surface area is 314 Å². The molecule has 0 bridgehead atoms. The molecule has 12 rings (SSSR count). The fraction of sp³-hybridized carbons (Fsp3) is 0.115. The second kappa shape index (κ2) is 10.2. The Morgan fingerprint density at radius 2 is 0.759 bits per heavy atom. The van der Waals surface area contributed by atoms with E-state index in [1.54, 1.807) is 0 Å². The lowest BCUT2D eigenvalue weighted by atomic mass is 9.79. The van der Waals surface area contributed by atoms with Gasteiger partial charge in [-0.1, -0.05) is 131 Å². The molecule has 0 N–H and O–H groups in total. The van der Waals surface area contributed by atoms with Crippen LogP contribution in [-0.2, 0) is 10.8 Å². The van der Waals surface area contributed by atoms with Crippen molar-refractivity contribution in [2.45, 2.75) is 38.5 Å². The van der Waals surface area contributed by atoms with Crippen LogP contribution in [0.2, 0.25) is 0 Å². The Balaban J connectivity index is 1.08. The summed E-state index contributed by atoms with van der Waals surface area (Å²) in [7, 11) is 0. The molecule has 0 unspecified atom stereocenters. The first kappa shape index (κ1) is 30.1. The van der Waals surface area contributed by atoms with Crippen LogP contribution in [0.15, 0.2) is 158 Å². The molecule has 2 aliphatic rings. The van der Waals surface area contributed by atoms with Crippen molar-refractivity contribution in [3.63, 3.8) is 0 Å². The zero-order valence-electron chi connectivity index (χ0n) is 30.9. The first-order valence-corrected chi connectivity index (χ1v) is 19.2. The molecule has 2 heteroatoms. The molecule has 0 aliphatic heterocycles. The highest BCUT2D eigenvalue weighted by Gasteiger charge is 2.43. The van der Waals surface area contributed by atoms with Crippen LogP contribution in [0.3, 0.4) is 0 Å². The van der Waals surface area contributed by atoms with Crippen LogP contribution in [0.5, 0.6) is 0 Å². The van der Waals surface area contributed by atoms with Gasteiger partial charge in [0.1, 0.15) is 0 Å². The van der Waals surface area contributed by atoms with Gasteiger partial charge in [0.15, 0.2) is 0 Å². The van der Waals surface area contributed by atoms with Crippen molar-refractivity contribution in [2.24, 2.45) is 0 Å². The van der Waals surface area contributed by atoms with E-state index >= 15 is 0 Å². The maximum absolute atomic E-state index is 2.56. The molecule has 10 aromatic rings. The Kier molecular flexibility index (Phi) is 5.68. The maximum atomic E-state index is 2.56. The van der Waals surface area contributed by atoms with Crippen LogP contribution in [0.4, 0.5) is 0 Å². The van der Waals surface area contributed by atoms with E-state index < -0.39 is 0 Å². The first-order valence-electron chi connectivity index (χ1n) is 19.2. The molecule has 2 aliphatic carbocycles. The van der Waals surface area contributed by atoms with Crippen molar-refractivity contribution in [1.82, 2.24) is 9.13 Å². The van der Waals surface area contributed by atoms with E-state index in [9.17, 15) is 0 Å². The predicted octanol–water partition coefficient (Wildman–Crippen LogP) is 13.6. The van der Waals surface area contributed by atoms with Gasteiger partial charge in [-0.2, -0.15) is 0 Å². The van der Waals surface area contributed by atoms with Crippen molar-refractivity contribution in [3.05, 3.63) is 180 Å². The van der Waals surface area contributed by atoms with Crippen LogP contribution < -0.4 is 0 Å². The number of para-hydroxylation sites is 4. The predicted molar refractivity (Wildman–Crippen MR) is 228 cm³/mol. The quantitative estimate of drug-likeness (QED) is 0.171. The zero-order chi connectivity index (χ0) is 36.1. The fourth-order valence-electron chi connectivity index (χ4n) is 10.5. The maximum Gasteiger partial charge on any atom is 0.0544 e. The number of rotatable bonds is 2. The second-order valence-electron chi connectivity index (χ2n) is 16.5.